The number of carbonyl (C=O) groups excluding carboxylic acids is 1. The lowest BCUT2D eigenvalue weighted by molar-refractivity contribution is -0.137. The second-order valence-electron chi connectivity index (χ2n) is 6.22. The maximum atomic E-state index is 13.3. The van der Waals surface area contributed by atoms with E-state index in [2.05, 4.69) is 0 Å². The minimum absolute atomic E-state index is 0.00128. The van der Waals surface area contributed by atoms with Gasteiger partial charge in [-0.1, -0.05) is 43.7 Å². The molecule has 0 radical (unpaired) electrons. The fourth-order valence-electron chi connectivity index (χ4n) is 2.55. The number of rotatable bonds is 6. The SMILES string of the molecule is CCCCOC(=O)N(C)Cc1cc(C(F)(F)F)cc(-c2ccccc2)c1O. The van der Waals surface area contributed by atoms with E-state index in [9.17, 15) is 23.1 Å². The molecule has 0 aromatic heterocycles. The lowest BCUT2D eigenvalue weighted by Gasteiger charge is -2.20. The predicted molar refractivity (Wildman–Crippen MR) is 96.3 cm³/mol. The summed E-state index contributed by atoms with van der Waals surface area (Å²) in [5.74, 6) is -0.289. The zero-order valence-electron chi connectivity index (χ0n) is 15.2. The smallest absolute Gasteiger partial charge is 0.416 e. The van der Waals surface area contributed by atoms with Crippen LogP contribution in [0.4, 0.5) is 18.0 Å². The van der Waals surface area contributed by atoms with Crippen molar-refractivity contribution in [1.29, 1.82) is 0 Å². The molecule has 4 nitrogen and oxygen atoms in total. The van der Waals surface area contributed by atoms with Gasteiger partial charge in [0.15, 0.2) is 0 Å². The summed E-state index contributed by atoms with van der Waals surface area (Å²) in [7, 11) is 1.41. The van der Waals surface area contributed by atoms with Gasteiger partial charge >= 0.3 is 12.3 Å². The van der Waals surface area contributed by atoms with E-state index in [0.717, 1.165) is 23.5 Å². The molecule has 0 aliphatic rings. The normalized spacial score (nSPS) is 11.3. The van der Waals surface area contributed by atoms with Crippen molar-refractivity contribution >= 4 is 6.09 Å². The highest BCUT2D eigenvalue weighted by molar-refractivity contribution is 5.73. The monoisotopic (exact) mass is 381 g/mol. The average Bonchev–Trinajstić information content (AvgIpc) is 2.63. The van der Waals surface area contributed by atoms with Crippen molar-refractivity contribution in [2.45, 2.75) is 32.5 Å². The number of phenols is 1. The predicted octanol–water partition coefficient (Wildman–Crippen LogP) is 5.45. The fourth-order valence-corrected chi connectivity index (χ4v) is 2.55. The van der Waals surface area contributed by atoms with Crippen LogP contribution in [0.5, 0.6) is 5.75 Å². The van der Waals surface area contributed by atoms with Crippen LogP contribution in [0, 0.1) is 0 Å². The summed E-state index contributed by atoms with van der Waals surface area (Å²) >= 11 is 0. The highest BCUT2D eigenvalue weighted by atomic mass is 19.4. The molecule has 27 heavy (non-hydrogen) atoms. The Bertz CT molecular complexity index is 776. The summed E-state index contributed by atoms with van der Waals surface area (Å²) in [5.41, 5.74) is -0.371. The van der Waals surface area contributed by atoms with E-state index in [4.69, 9.17) is 4.74 Å². The van der Waals surface area contributed by atoms with Crippen LogP contribution in [0.2, 0.25) is 0 Å². The van der Waals surface area contributed by atoms with Gasteiger partial charge in [0.05, 0.1) is 18.7 Å². The van der Waals surface area contributed by atoms with Gasteiger partial charge in [0.25, 0.3) is 0 Å². The first-order valence-electron chi connectivity index (χ1n) is 8.60. The summed E-state index contributed by atoms with van der Waals surface area (Å²) in [6.07, 6.45) is -3.67. The Hall–Kier alpha value is -2.70. The maximum Gasteiger partial charge on any atom is 0.416 e. The number of benzene rings is 2. The molecular formula is C20H22F3NO3. The van der Waals surface area contributed by atoms with Gasteiger partial charge in [-0.15, -0.1) is 0 Å². The van der Waals surface area contributed by atoms with E-state index in [1.54, 1.807) is 30.3 Å². The van der Waals surface area contributed by atoms with E-state index < -0.39 is 17.8 Å². The fraction of sp³-hybridized carbons (Fsp3) is 0.350. The van der Waals surface area contributed by atoms with Gasteiger partial charge in [-0.25, -0.2) is 4.79 Å². The van der Waals surface area contributed by atoms with Gasteiger partial charge in [0.1, 0.15) is 5.75 Å². The highest BCUT2D eigenvalue weighted by Gasteiger charge is 2.32. The molecule has 2 aromatic carbocycles. The van der Waals surface area contributed by atoms with Gasteiger partial charge in [0, 0.05) is 18.2 Å². The number of unbranched alkanes of at least 4 members (excludes halogenated alkanes) is 1. The van der Waals surface area contributed by atoms with Crippen LogP contribution in [-0.2, 0) is 17.5 Å². The number of nitrogens with zero attached hydrogens (tertiary/aromatic N) is 1. The minimum atomic E-state index is -4.58. The van der Waals surface area contributed by atoms with Gasteiger partial charge in [-0.05, 0) is 24.1 Å². The summed E-state index contributed by atoms with van der Waals surface area (Å²) in [5, 5.41) is 10.5. The van der Waals surface area contributed by atoms with Crippen LogP contribution in [0.3, 0.4) is 0 Å². The Balaban J connectivity index is 2.36. The molecule has 2 aromatic rings. The Morgan fingerprint density at radius 1 is 1.19 bits per heavy atom. The molecule has 0 spiro atoms. The van der Waals surface area contributed by atoms with Crippen molar-refractivity contribution in [2.75, 3.05) is 13.7 Å². The standard InChI is InChI=1S/C20H22F3NO3/c1-3-4-10-27-19(26)24(2)13-15-11-16(20(21,22)23)12-17(18(15)25)14-8-6-5-7-9-14/h5-9,11-12,25H,3-4,10,13H2,1-2H3. The zero-order chi connectivity index (χ0) is 20.0. The Morgan fingerprint density at radius 2 is 1.85 bits per heavy atom. The molecule has 0 bridgehead atoms. The van der Waals surface area contributed by atoms with Crippen molar-refractivity contribution in [3.8, 4) is 16.9 Å². The second-order valence-corrected chi connectivity index (χ2v) is 6.22. The first-order valence-corrected chi connectivity index (χ1v) is 8.60. The van der Waals surface area contributed by atoms with Crippen LogP contribution < -0.4 is 0 Å². The van der Waals surface area contributed by atoms with E-state index in [-0.39, 0.29) is 30.0 Å². The summed E-state index contributed by atoms with van der Waals surface area (Å²) in [4.78, 5) is 13.1. The van der Waals surface area contributed by atoms with Crippen molar-refractivity contribution in [3.63, 3.8) is 0 Å². The molecule has 146 valence electrons. The second kappa shape index (κ2) is 8.79. The third-order valence-electron chi connectivity index (χ3n) is 4.04. The Morgan fingerprint density at radius 3 is 2.44 bits per heavy atom. The molecule has 0 unspecified atom stereocenters. The maximum absolute atomic E-state index is 13.3. The van der Waals surface area contributed by atoms with Crippen molar-refractivity contribution < 1.29 is 27.8 Å². The lowest BCUT2D eigenvalue weighted by atomic mass is 9.97. The summed E-state index contributed by atoms with van der Waals surface area (Å²) in [6, 6.07) is 10.1. The Labute approximate surface area is 156 Å². The van der Waals surface area contributed by atoms with Gasteiger partial charge in [-0.2, -0.15) is 13.2 Å². The van der Waals surface area contributed by atoms with Crippen LogP contribution >= 0.6 is 0 Å². The molecule has 0 fully saturated rings. The third-order valence-corrected chi connectivity index (χ3v) is 4.04. The van der Waals surface area contributed by atoms with E-state index in [1.807, 2.05) is 6.92 Å². The molecule has 0 saturated heterocycles. The number of alkyl halides is 3. The molecule has 1 amide bonds. The van der Waals surface area contributed by atoms with Crippen molar-refractivity contribution in [3.05, 3.63) is 53.6 Å². The molecule has 0 aliphatic carbocycles. The van der Waals surface area contributed by atoms with Crippen molar-refractivity contribution in [1.82, 2.24) is 4.90 Å². The average molecular weight is 381 g/mol. The number of ether oxygens (including phenoxy) is 1. The van der Waals surface area contributed by atoms with Crippen LogP contribution in [-0.4, -0.2) is 29.8 Å². The number of aromatic hydroxyl groups is 1. The first kappa shape index (κ1) is 20.6. The quantitative estimate of drug-likeness (QED) is 0.677. The lowest BCUT2D eigenvalue weighted by Crippen LogP contribution is -2.27. The van der Waals surface area contributed by atoms with Crippen molar-refractivity contribution in [2.24, 2.45) is 0 Å². The van der Waals surface area contributed by atoms with Crippen LogP contribution in [0.15, 0.2) is 42.5 Å². The number of carbonyl (C=O) groups is 1. The summed E-state index contributed by atoms with van der Waals surface area (Å²) < 4.78 is 45.0. The molecule has 0 saturated carbocycles. The third kappa shape index (κ3) is 5.39. The molecule has 2 rings (SSSR count). The Kier molecular flexibility index (Phi) is 6.71. The molecule has 0 atom stereocenters. The first-order chi connectivity index (χ1) is 12.7. The minimum Gasteiger partial charge on any atom is -0.507 e. The molecule has 7 heteroatoms. The molecule has 1 N–H and O–H groups in total. The largest absolute Gasteiger partial charge is 0.507 e. The van der Waals surface area contributed by atoms with E-state index >= 15 is 0 Å². The van der Waals surface area contributed by atoms with Crippen LogP contribution in [0.25, 0.3) is 11.1 Å². The number of hydrogen-bond acceptors (Lipinski definition) is 3. The molecule has 0 heterocycles. The molecule has 0 aliphatic heterocycles. The number of hydrogen-bond donors (Lipinski definition) is 1. The molecular weight excluding hydrogens is 359 g/mol. The van der Waals surface area contributed by atoms with Gasteiger partial charge < -0.3 is 14.7 Å². The van der Waals surface area contributed by atoms with Gasteiger partial charge in [0.2, 0.25) is 0 Å². The zero-order valence-corrected chi connectivity index (χ0v) is 15.2. The topological polar surface area (TPSA) is 49.8 Å². The number of phenolic OH excluding ortho intramolecular Hbond substituents is 1. The number of halogens is 3. The van der Waals surface area contributed by atoms with E-state index in [0.29, 0.717) is 12.0 Å². The summed E-state index contributed by atoms with van der Waals surface area (Å²) in [6.45, 7) is 1.98. The van der Waals surface area contributed by atoms with E-state index in [1.165, 1.54) is 7.05 Å². The van der Waals surface area contributed by atoms with Gasteiger partial charge in [-0.3, -0.25) is 0 Å². The highest BCUT2D eigenvalue weighted by Crippen LogP contribution is 2.39. The number of amides is 1. The van der Waals surface area contributed by atoms with Crippen LogP contribution in [0.1, 0.15) is 30.9 Å².